The van der Waals surface area contributed by atoms with Gasteiger partial charge in [0.05, 0.1) is 37.2 Å². The number of rotatable bonds is 3. The summed E-state index contributed by atoms with van der Waals surface area (Å²) in [6.07, 6.45) is 3.11. The van der Waals surface area contributed by atoms with Gasteiger partial charge in [0, 0.05) is 18.2 Å². The average Bonchev–Trinajstić information content (AvgIpc) is 2.66. The van der Waals surface area contributed by atoms with Crippen LogP contribution in [0.3, 0.4) is 0 Å². The van der Waals surface area contributed by atoms with Crippen LogP contribution in [0.4, 0.5) is 5.69 Å². The highest BCUT2D eigenvalue weighted by Crippen LogP contribution is 2.40. The van der Waals surface area contributed by atoms with Gasteiger partial charge < -0.3 is 19.8 Å². The van der Waals surface area contributed by atoms with Gasteiger partial charge in [-0.25, -0.2) is 0 Å². The van der Waals surface area contributed by atoms with Gasteiger partial charge in [0.2, 0.25) is 0 Å². The molecule has 0 atom stereocenters. The number of nitrogens with zero attached hydrogens (tertiary/aromatic N) is 3. The normalized spacial score (nSPS) is 12.0. The molecular formula is C19H16N4O3. The minimum absolute atomic E-state index is 0.0675. The maximum absolute atomic E-state index is 12.9. The lowest BCUT2D eigenvalue weighted by Crippen LogP contribution is -2.30. The zero-order valence-electron chi connectivity index (χ0n) is 14.4. The van der Waals surface area contributed by atoms with E-state index in [4.69, 9.17) is 20.5 Å². The summed E-state index contributed by atoms with van der Waals surface area (Å²) in [5.74, 6) is 1.09. The fourth-order valence-corrected chi connectivity index (χ4v) is 3.23. The molecule has 1 aliphatic rings. The lowest BCUT2D eigenvalue weighted by atomic mass is 9.92. The van der Waals surface area contributed by atoms with Gasteiger partial charge in [0.25, 0.3) is 5.56 Å². The summed E-state index contributed by atoms with van der Waals surface area (Å²) in [7, 11) is 3.08. The number of ether oxygens (including phenoxy) is 2. The Labute approximate surface area is 150 Å². The van der Waals surface area contributed by atoms with Crippen LogP contribution in [0.25, 0.3) is 17.3 Å². The highest BCUT2D eigenvalue weighted by Gasteiger charge is 2.26. The topological polar surface area (TPSA) is 114 Å². The van der Waals surface area contributed by atoms with Crippen molar-refractivity contribution in [3.63, 3.8) is 0 Å². The minimum atomic E-state index is -0.330. The van der Waals surface area contributed by atoms with E-state index in [1.165, 1.54) is 23.8 Å². The Hall–Kier alpha value is -3.71. The molecule has 2 heterocycles. The highest BCUT2D eigenvalue weighted by atomic mass is 16.5. The van der Waals surface area contributed by atoms with Crippen LogP contribution >= 0.6 is 0 Å². The predicted molar refractivity (Wildman–Crippen MR) is 96.7 cm³/mol. The predicted octanol–water partition coefficient (Wildman–Crippen LogP) is 2.08. The molecular weight excluding hydrogens is 332 g/mol. The third-order valence-corrected chi connectivity index (χ3v) is 4.45. The standard InChI is InChI=1S/C19H16N4O3/c1-25-15-8-11-5-7-23-18(13(11)9-16(15)26-2)14(10-21)17(22)12(19(23)24)4-3-6-20/h3-4,8-9H,5,7,22H2,1-2H3/b4-3+. The third kappa shape index (κ3) is 2.47. The fraction of sp³-hybridized carbons (Fsp3) is 0.211. The smallest absolute Gasteiger partial charge is 0.260 e. The van der Waals surface area contributed by atoms with Crippen LogP contribution in [0, 0.1) is 22.7 Å². The monoisotopic (exact) mass is 348 g/mol. The van der Waals surface area contributed by atoms with Gasteiger partial charge in [0.1, 0.15) is 11.6 Å². The molecule has 1 aromatic heterocycles. The first-order valence-electron chi connectivity index (χ1n) is 7.85. The first kappa shape index (κ1) is 17.1. The van der Waals surface area contributed by atoms with Gasteiger partial charge in [-0.15, -0.1) is 0 Å². The van der Waals surface area contributed by atoms with E-state index in [1.807, 2.05) is 12.1 Å². The van der Waals surface area contributed by atoms with Crippen LogP contribution in [-0.4, -0.2) is 18.8 Å². The van der Waals surface area contributed by atoms with Gasteiger partial charge in [-0.1, -0.05) is 0 Å². The van der Waals surface area contributed by atoms with E-state index in [1.54, 1.807) is 13.2 Å². The second-order valence-corrected chi connectivity index (χ2v) is 5.70. The molecule has 2 aromatic rings. The van der Waals surface area contributed by atoms with Crippen molar-refractivity contribution >= 4 is 11.8 Å². The van der Waals surface area contributed by atoms with E-state index in [-0.39, 0.29) is 22.4 Å². The van der Waals surface area contributed by atoms with Gasteiger partial charge in [-0.2, -0.15) is 10.5 Å². The Morgan fingerprint density at radius 1 is 1.23 bits per heavy atom. The van der Waals surface area contributed by atoms with E-state index in [0.717, 1.165) is 5.56 Å². The van der Waals surface area contributed by atoms with Crippen molar-refractivity contribution < 1.29 is 9.47 Å². The zero-order valence-corrected chi connectivity index (χ0v) is 14.4. The van der Waals surface area contributed by atoms with Crippen LogP contribution in [0.2, 0.25) is 0 Å². The number of pyridine rings is 1. The number of nitriles is 2. The molecule has 0 aliphatic carbocycles. The molecule has 3 rings (SSSR count). The molecule has 0 bridgehead atoms. The molecule has 1 aromatic carbocycles. The summed E-state index contributed by atoms with van der Waals surface area (Å²) in [4.78, 5) is 12.9. The summed E-state index contributed by atoms with van der Waals surface area (Å²) in [6, 6.07) is 7.54. The second kappa shape index (κ2) is 6.66. The maximum Gasteiger partial charge on any atom is 0.260 e. The fourth-order valence-electron chi connectivity index (χ4n) is 3.23. The summed E-state index contributed by atoms with van der Waals surface area (Å²) in [5.41, 5.74) is 8.30. The molecule has 130 valence electrons. The Morgan fingerprint density at radius 2 is 1.92 bits per heavy atom. The zero-order chi connectivity index (χ0) is 18.8. The second-order valence-electron chi connectivity index (χ2n) is 5.70. The Balaban J connectivity index is 2.39. The lowest BCUT2D eigenvalue weighted by molar-refractivity contribution is 0.354. The van der Waals surface area contributed by atoms with Crippen LogP contribution < -0.4 is 20.8 Å². The number of allylic oxidation sites excluding steroid dienone is 1. The number of hydrogen-bond acceptors (Lipinski definition) is 6. The molecule has 7 heteroatoms. The molecule has 0 spiro atoms. The van der Waals surface area contributed by atoms with Crippen molar-refractivity contribution in [1.29, 1.82) is 10.5 Å². The molecule has 0 saturated heterocycles. The van der Waals surface area contributed by atoms with E-state index in [9.17, 15) is 10.1 Å². The Morgan fingerprint density at radius 3 is 2.54 bits per heavy atom. The summed E-state index contributed by atoms with van der Waals surface area (Å²) in [6.45, 7) is 0.402. The van der Waals surface area contributed by atoms with E-state index in [2.05, 4.69) is 6.07 Å². The van der Waals surface area contributed by atoms with Crippen LogP contribution in [0.1, 0.15) is 16.7 Å². The number of methoxy groups -OCH3 is 2. The Kier molecular flexibility index (Phi) is 4.38. The maximum atomic E-state index is 12.9. The van der Waals surface area contributed by atoms with Crippen LogP contribution in [0.5, 0.6) is 11.5 Å². The number of fused-ring (bicyclic) bond motifs is 3. The number of benzene rings is 1. The molecule has 1 aliphatic heterocycles. The SMILES string of the molecule is COc1cc2c(cc1OC)-c1c(C#N)c(N)c(/C=C/C#N)c(=O)n1CC2. The van der Waals surface area contributed by atoms with E-state index in [0.29, 0.717) is 35.7 Å². The van der Waals surface area contributed by atoms with Crippen molar-refractivity contribution in [2.75, 3.05) is 20.0 Å². The molecule has 0 unspecified atom stereocenters. The summed E-state index contributed by atoms with van der Waals surface area (Å²) in [5, 5.41) is 18.4. The van der Waals surface area contributed by atoms with Gasteiger partial charge in [0.15, 0.2) is 11.5 Å². The van der Waals surface area contributed by atoms with Crippen molar-refractivity contribution in [2.45, 2.75) is 13.0 Å². The molecule has 7 nitrogen and oxygen atoms in total. The number of nitrogens with two attached hydrogens (primary N) is 1. The van der Waals surface area contributed by atoms with Crippen molar-refractivity contribution in [3.8, 4) is 34.9 Å². The van der Waals surface area contributed by atoms with Crippen molar-refractivity contribution in [3.05, 3.63) is 45.3 Å². The quantitative estimate of drug-likeness (QED) is 0.849. The molecule has 2 N–H and O–H groups in total. The molecule has 0 saturated carbocycles. The number of aromatic nitrogens is 1. The first-order valence-corrected chi connectivity index (χ1v) is 7.85. The van der Waals surface area contributed by atoms with Crippen LogP contribution in [0.15, 0.2) is 23.0 Å². The van der Waals surface area contributed by atoms with E-state index < -0.39 is 0 Å². The van der Waals surface area contributed by atoms with Crippen molar-refractivity contribution in [2.24, 2.45) is 0 Å². The average molecular weight is 348 g/mol. The number of anilines is 1. The number of aryl methyl sites for hydroxylation is 1. The van der Waals surface area contributed by atoms with Crippen LogP contribution in [-0.2, 0) is 13.0 Å². The van der Waals surface area contributed by atoms with Gasteiger partial charge in [-0.3, -0.25) is 4.79 Å². The largest absolute Gasteiger partial charge is 0.493 e. The minimum Gasteiger partial charge on any atom is -0.493 e. The number of hydrogen-bond donors (Lipinski definition) is 1. The number of nitrogen functional groups attached to an aromatic ring is 1. The third-order valence-electron chi connectivity index (χ3n) is 4.45. The first-order chi connectivity index (χ1) is 12.6. The van der Waals surface area contributed by atoms with E-state index >= 15 is 0 Å². The van der Waals surface area contributed by atoms with Gasteiger partial charge >= 0.3 is 0 Å². The summed E-state index contributed by atoms with van der Waals surface area (Å²) >= 11 is 0. The summed E-state index contributed by atoms with van der Waals surface area (Å²) < 4.78 is 12.2. The molecule has 0 fully saturated rings. The Bertz CT molecular complexity index is 1070. The lowest BCUT2D eigenvalue weighted by Gasteiger charge is -2.25. The van der Waals surface area contributed by atoms with Crippen molar-refractivity contribution in [1.82, 2.24) is 4.57 Å². The highest BCUT2D eigenvalue weighted by molar-refractivity contribution is 5.83. The molecule has 0 amide bonds. The molecule has 0 radical (unpaired) electrons. The van der Waals surface area contributed by atoms with Gasteiger partial charge in [-0.05, 0) is 30.2 Å². The molecule has 26 heavy (non-hydrogen) atoms.